The van der Waals surface area contributed by atoms with Crippen molar-refractivity contribution in [2.45, 2.75) is 6.04 Å². The monoisotopic (exact) mass is 419 g/mol. The van der Waals surface area contributed by atoms with E-state index < -0.39 is 6.04 Å². The first-order chi connectivity index (χ1) is 14.7. The van der Waals surface area contributed by atoms with Crippen LogP contribution >= 0.6 is 11.6 Å². The molecule has 30 heavy (non-hydrogen) atoms. The highest BCUT2D eigenvalue weighted by molar-refractivity contribution is 6.30. The molecule has 0 radical (unpaired) electrons. The Morgan fingerprint density at radius 2 is 1.60 bits per heavy atom. The summed E-state index contributed by atoms with van der Waals surface area (Å²) < 4.78 is 11.4. The van der Waals surface area contributed by atoms with Gasteiger partial charge in [0, 0.05) is 10.6 Å². The lowest BCUT2D eigenvalue weighted by Gasteiger charge is -2.16. The molecule has 0 saturated heterocycles. The standard InChI is InChI=1S/C23H18ClN3O3/c24-18-11-13-19(14-12-18)29-15-20(28)25-21(16-7-3-1-4-8-16)23-27-26-22(30-23)17-9-5-2-6-10-17/h1-14,21H,15H2,(H,25,28)/t21-/m0/s1. The Morgan fingerprint density at radius 1 is 0.933 bits per heavy atom. The van der Waals surface area contributed by atoms with Crippen molar-refractivity contribution < 1.29 is 13.9 Å². The first-order valence-corrected chi connectivity index (χ1v) is 9.68. The molecule has 4 rings (SSSR count). The van der Waals surface area contributed by atoms with Gasteiger partial charge in [0.25, 0.3) is 5.91 Å². The van der Waals surface area contributed by atoms with Crippen LogP contribution in [0.15, 0.2) is 89.3 Å². The van der Waals surface area contributed by atoms with Crippen LogP contribution in [0.1, 0.15) is 17.5 Å². The molecule has 6 nitrogen and oxygen atoms in total. The number of aromatic nitrogens is 2. The van der Waals surface area contributed by atoms with Gasteiger partial charge >= 0.3 is 0 Å². The lowest BCUT2D eigenvalue weighted by molar-refractivity contribution is -0.123. The van der Waals surface area contributed by atoms with E-state index in [9.17, 15) is 4.79 Å². The second kappa shape index (κ2) is 9.24. The van der Waals surface area contributed by atoms with E-state index in [1.165, 1.54) is 0 Å². The summed E-state index contributed by atoms with van der Waals surface area (Å²) >= 11 is 5.87. The van der Waals surface area contributed by atoms with Gasteiger partial charge in [-0.25, -0.2) is 0 Å². The summed E-state index contributed by atoms with van der Waals surface area (Å²) in [5.74, 6) is 0.909. The summed E-state index contributed by atoms with van der Waals surface area (Å²) in [6.45, 7) is -0.162. The average molecular weight is 420 g/mol. The van der Waals surface area contributed by atoms with Gasteiger partial charge in [0.05, 0.1) is 0 Å². The van der Waals surface area contributed by atoms with Gasteiger partial charge in [-0.3, -0.25) is 4.79 Å². The van der Waals surface area contributed by atoms with Gasteiger partial charge < -0.3 is 14.5 Å². The first-order valence-electron chi connectivity index (χ1n) is 9.30. The van der Waals surface area contributed by atoms with Crippen molar-refractivity contribution in [2.24, 2.45) is 0 Å². The van der Waals surface area contributed by atoms with E-state index in [1.807, 2.05) is 60.7 Å². The third-order valence-corrected chi connectivity index (χ3v) is 4.58. The molecule has 1 aromatic heterocycles. The quantitative estimate of drug-likeness (QED) is 0.470. The smallest absolute Gasteiger partial charge is 0.258 e. The molecule has 0 aliphatic carbocycles. The van der Waals surface area contributed by atoms with Crippen LogP contribution in [0.4, 0.5) is 0 Å². The Morgan fingerprint density at radius 3 is 2.30 bits per heavy atom. The molecule has 7 heteroatoms. The summed E-state index contributed by atoms with van der Waals surface area (Å²) in [6.07, 6.45) is 0. The number of amides is 1. The Hall–Kier alpha value is -3.64. The number of nitrogens with zero attached hydrogens (tertiary/aromatic N) is 2. The molecule has 1 N–H and O–H groups in total. The van der Waals surface area contributed by atoms with Crippen LogP contribution in [0.25, 0.3) is 11.5 Å². The molecule has 1 atom stereocenters. The van der Waals surface area contributed by atoms with Gasteiger partial charge in [0.2, 0.25) is 11.8 Å². The summed E-state index contributed by atoms with van der Waals surface area (Å²) in [7, 11) is 0. The predicted molar refractivity (Wildman–Crippen MR) is 113 cm³/mol. The topological polar surface area (TPSA) is 77.2 Å². The van der Waals surface area contributed by atoms with Gasteiger partial charge in [-0.15, -0.1) is 10.2 Å². The van der Waals surface area contributed by atoms with Crippen LogP contribution in [0, 0.1) is 0 Å². The van der Waals surface area contributed by atoms with Gasteiger partial charge in [-0.1, -0.05) is 60.1 Å². The molecule has 0 unspecified atom stereocenters. The number of ether oxygens (including phenoxy) is 1. The third kappa shape index (κ3) is 4.85. The van der Waals surface area contributed by atoms with Gasteiger partial charge in [0.1, 0.15) is 11.8 Å². The molecule has 150 valence electrons. The average Bonchev–Trinajstić information content (AvgIpc) is 3.28. The molecular formula is C23H18ClN3O3. The van der Waals surface area contributed by atoms with Gasteiger partial charge in [0.15, 0.2) is 6.61 Å². The minimum absolute atomic E-state index is 0.162. The van der Waals surface area contributed by atoms with Crippen LogP contribution in [-0.2, 0) is 4.79 Å². The van der Waals surface area contributed by atoms with E-state index in [-0.39, 0.29) is 12.5 Å². The van der Waals surface area contributed by atoms with Crippen molar-refractivity contribution in [3.8, 4) is 17.2 Å². The lowest BCUT2D eigenvalue weighted by Crippen LogP contribution is -2.33. The predicted octanol–water partition coefficient (Wildman–Crippen LogP) is 4.67. The number of halogens is 1. The maximum Gasteiger partial charge on any atom is 0.258 e. The van der Waals surface area contributed by atoms with E-state index in [0.717, 1.165) is 11.1 Å². The van der Waals surface area contributed by atoms with E-state index >= 15 is 0 Å². The summed E-state index contributed by atoms with van der Waals surface area (Å²) in [4.78, 5) is 12.6. The van der Waals surface area contributed by atoms with Crippen molar-refractivity contribution >= 4 is 17.5 Å². The molecule has 4 aromatic rings. The van der Waals surface area contributed by atoms with Crippen molar-refractivity contribution in [2.75, 3.05) is 6.61 Å². The number of hydrogen-bond donors (Lipinski definition) is 1. The van der Waals surface area contributed by atoms with E-state index in [1.54, 1.807) is 24.3 Å². The maximum atomic E-state index is 12.6. The molecular weight excluding hydrogens is 402 g/mol. The molecule has 0 bridgehead atoms. The van der Waals surface area contributed by atoms with Crippen LogP contribution in [0.2, 0.25) is 5.02 Å². The van der Waals surface area contributed by atoms with Crippen LogP contribution in [0.5, 0.6) is 5.75 Å². The molecule has 0 spiro atoms. The zero-order valence-electron chi connectivity index (χ0n) is 15.9. The SMILES string of the molecule is O=C(COc1ccc(Cl)cc1)N[C@@H](c1ccccc1)c1nnc(-c2ccccc2)o1. The highest BCUT2D eigenvalue weighted by Crippen LogP contribution is 2.25. The molecule has 3 aromatic carbocycles. The molecule has 0 saturated carbocycles. The van der Waals surface area contributed by atoms with Gasteiger partial charge in [-0.2, -0.15) is 0 Å². The number of rotatable bonds is 7. The van der Waals surface area contributed by atoms with Crippen molar-refractivity contribution in [1.82, 2.24) is 15.5 Å². The molecule has 1 heterocycles. The number of hydrogen-bond acceptors (Lipinski definition) is 5. The highest BCUT2D eigenvalue weighted by Gasteiger charge is 2.23. The van der Waals surface area contributed by atoms with Crippen LogP contribution in [0.3, 0.4) is 0 Å². The largest absolute Gasteiger partial charge is 0.484 e. The fourth-order valence-corrected chi connectivity index (χ4v) is 2.99. The van der Waals surface area contributed by atoms with E-state index in [2.05, 4.69) is 15.5 Å². The van der Waals surface area contributed by atoms with Crippen molar-refractivity contribution in [1.29, 1.82) is 0 Å². The van der Waals surface area contributed by atoms with Crippen LogP contribution in [-0.4, -0.2) is 22.7 Å². The zero-order valence-corrected chi connectivity index (χ0v) is 16.6. The van der Waals surface area contributed by atoms with E-state index in [0.29, 0.717) is 22.6 Å². The fraction of sp³-hybridized carbons (Fsp3) is 0.0870. The Balaban J connectivity index is 1.51. The van der Waals surface area contributed by atoms with Crippen molar-refractivity contribution in [3.63, 3.8) is 0 Å². The third-order valence-electron chi connectivity index (χ3n) is 4.33. The Bertz CT molecular complexity index is 1100. The second-order valence-corrected chi connectivity index (χ2v) is 6.90. The first kappa shape index (κ1) is 19.7. The van der Waals surface area contributed by atoms with Crippen LogP contribution < -0.4 is 10.1 Å². The number of benzene rings is 3. The Labute approximate surface area is 178 Å². The summed E-state index contributed by atoms with van der Waals surface area (Å²) in [5.41, 5.74) is 1.63. The fourth-order valence-electron chi connectivity index (χ4n) is 2.86. The Kier molecular flexibility index (Phi) is 6.06. The number of carbonyl (C=O) groups is 1. The van der Waals surface area contributed by atoms with Crippen molar-refractivity contribution in [3.05, 3.63) is 101 Å². The molecule has 0 fully saturated rings. The number of nitrogens with one attached hydrogen (secondary N) is 1. The second-order valence-electron chi connectivity index (χ2n) is 6.47. The zero-order chi connectivity index (χ0) is 20.8. The number of carbonyl (C=O) groups excluding carboxylic acids is 1. The van der Waals surface area contributed by atoms with E-state index in [4.69, 9.17) is 20.8 Å². The minimum Gasteiger partial charge on any atom is -0.484 e. The van der Waals surface area contributed by atoms with Gasteiger partial charge in [-0.05, 0) is 42.0 Å². The summed E-state index contributed by atoms with van der Waals surface area (Å²) in [5, 5.41) is 11.8. The molecule has 0 aliphatic rings. The normalized spacial score (nSPS) is 11.6. The lowest BCUT2D eigenvalue weighted by atomic mass is 10.1. The molecule has 1 amide bonds. The molecule has 0 aliphatic heterocycles. The summed E-state index contributed by atoms with van der Waals surface area (Å²) in [6, 6.07) is 25.1. The minimum atomic E-state index is -0.600. The maximum absolute atomic E-state index is 12.6. The highest BCUT2D eigenvalue weighted by atomic mass is 35.5.